The van der Waals surface area contributed by atoms with Gasteiger partial charge in [-0.3, -0.25) is 10.1 Å². The van der Waals surface area contributed by atoms with Crippen molar-refractivity contribution >= 4 is 51.6 Å². The molecule has 1 unspecified atom stereocenters. The van der Waals surface area contributed by atoms with E-state index in [1.54, 1.807) is 38.1 Å². The summed E-state index contributed by atoms with van der Waals surface area (Å²) in [6.45, 7) is 3.88. The third kappa shape index (κ3) is 4.71. The van der Waals surface area contributed by atoms with Crippen LogP contribution in [-0.2, 0) is 20.7 Å². The van der Waals surface area contributed by atoms with Gasteiger partial charge in [-0.05, 0) is 50.5 Å². The lowest BCUT2D eigenvalue weighted by Crippen LogP contribution is -2.22. The molecule has 7 nitrogen and oxygen atoms in total. The molecule has 2 aromatic rings. The Balaban J connectivity index is 1.88. The van der Waals surface area contributed by atoms with Gasteiger partial charge in [0.1, 0.15) is 5.00 Å². The molecule has 1 heterocycles. The molecule has 0 spiro atoms. The summed E-state index contributed by atoms with van der Waals surface area (Å²) in [7, 11) is 0. The maximum absolute atomic E-state index is 12.6. The summed E-state index contributed by atoms with van der Waals surface area (Å²) in [5, 5.41) is 6.23. The number of fused-ring (bicyclic) bond motifs is 1. The molecule has 3 rings (SSSR count). The van der Waals surface area contributed by atoms with E-state index in [-0.39, 0.29) is 24.7 Å². The number of esters is 2. The van der Waals surface area contributed by atoms with Crippen LogP contribution in [0.2, 0.25) is 5.02 Å². The average Bonchev–Trinajstić information content (AvgIpc) is 3.20. The van der Waals surface area contributed by atoms with Gasteiger partial charge in [0.15, 0.2) is 0 Å². The molecular weight excluding hydrogens is 416 g/mol. The Kier molecular flexibility index (Phi) is 6.76. The van der Waals surface area contributed by atoms with Gasteiger partial charge in [0, 0.05) is 15.6 Å². The molecule has 29 heavy (non-hydrogen) atoms. The maximum atomic E-state index is 12.6. The summed E-state index contributed by atoms with van der Waals surface area (Å²) in [6, 6.07) is 6.20. The molecule has 0 bridgehead atoms. The Morgan fingerprint density at radius 2 is 1.93 bits per heavy atom. The molecule has 0 radical (unpaired) electrons. The van der Waals surface area contributed by atoms with E-state index < -0.39 is 17.9 Å². The molecule has 154 valence electrons. The number of hydrogen-bond acceptors (Lipinski definition) is 6. The van der Waals surface area contributed by atoms with E-state index in [0.29, 0.717) is 34.1 Å². The Hall–Kier alpha value is -2.58. The second-order valence-corrected chi connectivity index (χ2v) is 7.84. The van der Waals surface area contributed by atoms with Crippen molar-refractivity contribution in [3.8, 4) is 0 Å². The van der Waals surface area contributed by atoms with Crippen LogP contribution in [0.1, 0.15) is 47.0 Å². The van der Waals surface area contributed by atoms with Crippen LogP contribution in [0, 0.1) is 0 Å². The van der Waals surface area contributed by atoms with Gasteiger partial charge in [-0.25, -0.2) is 9.59 Å². The highest BCUT2D eigenvalue weighted by molar-refractivity contribution is 7.17. The second-order valence-electron chi connectivity index (χ2n) is 6.30. The van der Waals surface area contributed by atoms with Crippen molar-refractivity contribution in [1.82, 2.24) is 0 Å². The van der Waals surface area contributed by atoms with Crippen molar-refractivity contribution in [3.63, 3.8) is 0 Å². The minimum Gasteiger partial charge on any atom is -0.466 e. The molecule has 0 saturated carbocycles. The van der Waals surface area contributed by atoms with Crippen molar-refractivity contribution in [3.05, 3.63) is 45.3 Å². The molecule has 1 aromatic heterocycles. The molecule has 1 aliphatic rings. The zero-order chi connectivity index (χ0) is 21.0. The van der Waals surface area contributed by atoms with Gasteiger partial charge in [0.05, 0.1) is 24.7 Å². The van der Waals surface area contributed by atoms with Crippen LogP contribution in [0.5, 0.6) is 0 Å². The number of anilines is 2. The Bertz CT molecular complexity index is 943. The van der Waals surface area contributed by atoms with E-state index in [2.05, 4.69) is 10.6 Å². The van der Waals surface area contributed by atoms with Crippen LogP contribution >= 0.6 is 22.9 Å². The van der Waals surface area contributed by atoms with Gasteiger partial charge in [-0.1, -0.05) is 17.7 Å². The van der Waals surface area contributed by atoms with Crippen LogP contribution in [0.15, 0.2) is 24.3 Å². The standard InChI is InChI=1S/C20H21ClN2O5S/c1-3-27-18(24)13-8-9-14-15(13)16(19(25)28-4-2)17(29-14)23-20(26)22-12-7-5-6-11(21)10-12/h5-7,10,13H,3-4,8-9H2,1-2H3,(H2,22,23,26). The normalized spacial score (nSPS) is 14.8. The van der Waals surface area contributed by atoms with Gasteiger partial charge >= 0.3 is 18.0 Å². The van der Waals surface area contributed by atoms with Crippen LogP contribution in [-0.4, -0.2) is 31.2 Å². The highest BCUT2D eigenvalue weighted by atomic mass is 35.5. The zero-order valence-corrected chi connectivity index (χ0v) is 17.6. The van der Waals surface area contributed by atoms with Crippen LogP contribution < -0.4 is 10.6 Å². The summed E-state index contributed by atoms with van der Waals surface area (Å²) in [5.74, 6) is -1.48. The molecule has 0 saturated heterocycles. The Morgan fingerprint density at radius 3 is 2.62 bits per heavy atom. The largest absolute Gasteiger partial charge is 0.466 e. The molecule has 1 aromatic carbocycles. The van der Waals surface area contributed by atoms with Crippen molar-refractivity contribution in [2.45, 2.75) is 32.6 Å². The Labute approximate surface area is 177 Å². The number of carbonyl (C=O) groups is 3. The lowest BCUT2D eigenvalue weighted by molar-refractivity contribution is -0.144. The summed E-state index contributed by atoms with van der Waals surface area (Å²) in [5.41, 5.74) is 1.34. The van der Waals surface area contributed by atoms with Crippen LogP contribution in [0.4, 0.5) is 15.5 Å². The first-order chi connectivity index (χ1) is 13.9. The number of amides is 2. The number of carbonyl (C=O) groups excluding carboxylic acids is 3. The third-order valence-electron chi connectivity index (χ3n) is 4.39. The average molecular weight is 437 g/mol. The fraction of sp³-hybridized carbons (Fsp3) is 0.350. The van der Waals surface area contributed by atoms with Gasteiger partial charge < -0.3 is 14.8 Å². The number of ether oxygens (including phenoxy) is 2. The third-order valence-corrected chi connectivity index (χ3v) is 5.81. The zero-order valence-electron chi connectivity index (χ0n) is 16.0. The topological polar surface area (TPSA) is 93.7 Å². The minimum atomic E-state index is -0.570. The maximum Gasteiger partial charge on any atom is 0.341 e. The van der Waals surface area contributed by atoms with Crippen molar-refractivity contribution < 1.29 is 23.9 Å². The quantitative estimate of drug-likeness (QED) is 0.633. The van der Waals surface area contributed by atoms with E-state index >= 15 is 0 Å². The SMILES string of the molecule is CCOC(=O)c1c(NC(=O)Nc2cccc(Cl)c2)sc2c1C(C(=O)OCC)CC2. The van der Waals surface area contributed by atoms with E-state index in [9.17, 15) is 14.4 Å². The monoisotopic (exact) mass is 436 g/mol. The smallest absolute Gasteiger partial charge is 0.341 e. The number of halogens is 1. The molecule has 2 N–H and O–H groups in total. The van der Waals surface area contributed by atoms with Crippen molar-refractivity contribution in [2.24, 2.45) is 0 Å². The lowest BCUT2D eigenvalue weighted by atomic mass is 9.99. The van der Waals surface area contributed by atoms with Gasteiger partial charge in [-0.15, -0.1) is 11.3 Å². The number of rotatable bonds is 6. The summed E-state index contributed by atoms with van der Waals surface area (Å²) >= 11 is 7.21. The molecule has 9 heteroatoms. The van der Waals surface area contributed by atoms with Crippen molar-refractivity contribution in [2.75, 3.05) is 23.8 Å². The highest BCUT2D eigenvalue weighted by Crippen LogP contribution is 2.46. The number of hydrogen-bond donors (Lipinski definition) is 2. The first-order valence-electron chi connectivity index (χ1n) is 9.27. The highest BCUT2D eigenvalue weighted by Gasteiger charge is 2.38. The van der Waals surface area contributed by atoms with E-state index in [0.717, 1.165) is 4.88 Å². The van der Waals surface area contributed by atoms with Gasteiger partial charge in [0.25, 0.3) is 0 Å². The fourth-order valence-corrected chi connectivity index (χ4v) is 4.72. The predicted octanol–water partition coefficient (Wildman–Crippen LogP) is 4.82. The Morgan fingerprint density at radius 1 is 1.17 bits per heavy atom. The van der Waals surface area contributed by atoms with E-state index in [1.807, 2.05) is 0 Å². The summed E-state index contributed by atoms with van der Waals surface area (Å²) in [4.78, 5) is 38.4. The van der Waals surface area contributed by atoms with Gasteiger partial charge in [0.2, 0.25) is 0 Å². The van der Waals surface area contributed by atoms with Crippen molar-refractivity contribution in [1.29, 1.82) is 0 Å². The number of aryl methyl sites for hydroxylation is 1. The molecule has 1 aliphatic carbocycles. The van der Waals surface area contributed by atoms with Gasteiger partial charge in [-0.2, -0.15) is 0 Å². The van der Waals surface area contributed by atoms with Crippen LogP contribution in [0.3, 0.4) is 0 Å². The number of urea groups is 1. The number of benzene rings is 1. The fourth-order valence-electron chi connectivity index (χ4n) is 3.27. The lowest BCUT2D eigenvalue weighted by Gasteiger charge is -2.13. The molecule has 1 atom stereocenters. The number of thiophene rings is 1. The minimum absolute atomic E-state index is 0.182. The van der Waals surface area contributed by atoms with E-state index in [4.69, 9.17) is 21.1 Å². The molecule has 0 fully saturated rings. The molecule has 0 aliphatic heterocycles. The first-order valence-corrected chi connectivity index (χ1v) is 10.5. The molecular formula is C20H21ClN2O5S. The number of nitrogens with one attached hydrogen (secondary N) is 2. The molecule has 2 amide bonds. The van der Waals surface area contributed by atoms with Crippen LogP contribution in [0.25, 0.3) is 0 Å². The predicted molar refractivity (Wildman–Crippen MR) is 112 cm³/mol. The summed E-state index contributed by atoms with van der Waals surface area (Å²) < 4.78 is 10.3. The second kappa shape index (κ2) is 9.28. The first kappa shape index (κ1) is 21.1. The summed E-state index contributed by atoms with van der Waals surface area (Å²) in [6.07, 6.45) is 1.20. The van der Waals surface area contributed by atoms with E-state index in [1.165, 1.54) is 11.3 Å².